The van der Waals surface area contributed by atoms with Crippen LogP contribution in [-0.4, -0.2) is 40.0 Å². The smallest absolute Gasteiger partial charge is 0.330 e. The van der Waals surface area contributed by atoms with E-state index >= 15 is 0 Å². The van der Waals surface area contributed by atoms with Gasteiger partial charge in [-0.3, -0.25) is 4.79 Å². The molecular formula is C19H27NO3S. The van der Waals surface area contributed by atoms with Crippen LogP contribution in [0.1, 0.15) is 39.7 Å². The molecule has 0 N–H and O–H groups in total. The highest BCUT2D eigenvalue weighted by atomic mass is 32.2. The van der Waals surface area contributed by atoms with Gasteiger partial charge in [0.25, 0.3) is 0 Å². The number of esters is 1. The average Bonchev–Trinajstić information content (AvgIpc) is 2.96. The molecule has 24 heavy (non-hydrogen) atoms. The topological polar surface area (TPSA) is 46.6 Å². The Morgan fingerprint density at radius 3 is 2.46 bits per heavy atom. The maximum atomic E-state index is 12.7. The fourth-order valence-corrected chi connectivity index (χ4v) is 4.20. The van der Waals surface area contributed by atoms with Gasteiger partial charge in [0.1, 0.15) is 6.04 Å². The number of carbonyl (C=O) groups is 2. The van der Waals surface area contributed by atoms with Crippen LogP contribution in [0.25, 0.3) is 0 Å². The highest BCUT2D eigenvalue weighted by molar-refractivity contribution is 8.00. The van der Waals surface area contributed by atoms with Crippen molar-refractivity contribution in [1.82, 2.24) is 4.90 Å². The molecule has 4 nitrogen and oxygen atoms in total. The molecule has 1 heterocycles. The molecule has 1 fully saturated rings. The molecule has 0 radical (unpaired) electrons. The molecule has 0 aliphatic carbocycles. The summed E-state index contributed by atoms with van der Waals surface area (Å²) >= 11 is 1.68. The highest BCUT2D eigenvalue weighted by Crippen LogP contribution is 2.34. The predicted octanol–water partition coefficient (Wildman–Crippen LogP) is 3.50. The second kappa shape index (κ2) is 8.56. The lowest BCUT2D eigenvalue weighted by atomic mass is 10.1. The van der Waals surface area contributed by atoms with E-state index in [0.29, 0.717) is 5.75 Å². The monoisotopic (exact) mass is 349 g/mol. The molecule has 1 aliphatic heterocycles. The van der Waals surface area contributed by atoms with E-state index in [9.17, 15) is 9.59 Å². The normalized spacial score (nSPS) is 20.7. The maximum absolute atomic E-state index is 12.7. The molecule has 5 heteroatoms. The number of carbonyl (C=O) groups excluding carboxylic acids is 2. The Hall–Kier alpha value is -1.49. The lowest BCUT2D eigenvalue weighted by Gasteiger charge is -2.30. The van der Waals surface area contributed by atoms with Crippen molar-refractivity contribution in [3.05, 3.63) is 35.9 Å². The molecule has 0 spiro atoms. The summed E-state index contributed by atoms with van der Waals surface area (Å²) in [6.07, 6.45) is 1.58. The molecule has 2 rings (SSSR count). The molecule has 1 aromatic rings. The predicted molar refractivity (Wildman–Crippen MR) is 97.7 cm³/mol. The largest absolute Gasteiger partial charge is 0.461 e. The first-order valence-electron chi connectivity index (χ1n) is 8.58. The van der Waals surface area contributed by atoms with Crippen molar-refractivity contribution >= 4 is 23.6 Å². The Morgan fingerprint density at radius 2 is 1.88 bits per heavy atom. The summed E-state index contributed by atoms with van der Waals surface area (Å²) in [6.45, 7) is 7.43. The van der Waals surface area contributed by atoms with E-state index in [1.165, 1.54) is 5.56 Å². The molecule has 132 valence electrons. The fourth-order valence-electron chi connectivity index (χ4n) is 2.81. The quantitative estimate of drug-likeness (QED) is 0.738. The molecule has 2 unspecified atom stereocenters. The van der Waals surface area contributed by atoms with Crippen molar-refractivity contribution in [1.29, 1.82) is 0 Å². The van der Waals surface area contributed by atoms with Crippen LogP contribution >= 0.6 is 11.8 Å². The number of hydrogen-bond donors (Lipinski definition) is 0. The summed E-state index contributed by atoms with van der Waals surface area (Å²) < 4.78 is 5.36. The van der Waals surface area contributed by atoms with Crippen LogP contribution in [0.4, 0.5) is 0 Å². The lowest BCUT2D eigenvalue weighted by Crippen LogP contribution is -2.48. The van der Waals surface area contributed by atoms with E-state index in [1.807, 2.05) is 45.9 Å². The van der Waals surface area contributed by atoms with Gasteiger partial charge in [-0.25, -0.2) is 4.79 Å². The molecule has 0 bridgehead atoms. The van der Waals surface area contributed by atoms with Crippen LogP contribution in [0.2, 0.25) is 0 Å². The van der Waals surface area contributed by atoms with Gasteiger partial charge in [-0.2, -0.15) is 0 Å². The van der Waals surface area contributed by atoms with Gasteiger partial charge in [-0.1, -0.05) is 44.2 Å². The summed E-state index contributed by atoms with van der Waals surface area (Å²) in [5.74, 6) is 0.235. The fraction of sp³-hybridized carbons (Fsp3) is 0.579. The number of amides is 1. The van der Waals surface area contributed by atoms with E-state index < -0.39 is 6.04 Å². The minimum Gasteiger partial charge on any atom is -0.461 e. The van der Waals surface area contributed by atoms with Gasteiger partial charge in [0.05, 0.1) is 11.5 Å². The number of rotatable bonds is 6. The first-order valence-corrected chi connectivity index (χ1v) is 9.63. The molecule has 0 saturated carbocycles. The van der Waals surface area contributed by atoms with E-state index in [2.05, 4.69) is 12.1 Å². The second-order valence-corrected chi connectivity index (χ2v) is 7.92. The SMILES string of the molecule is CC(C)OC(=O)C1CSC(CCc2ccccc2)N1C(=O)C(C)C. The summed E-state index contributed by atoms with van der Waals surface area (Å²) in [6, 6.07) is 9.78. The van der Waals surface area contributed by atoms with Crippen molar-refractivity contribution in [3.8, 4) is 0 Å². The van der Waals surface area contributed by atoms with Crippen LogP contribution < -0.4 is 0 Å². The maximum Gasteiger partial charge on any atom is 0.330 e. The second-order valence-electron chi connectivity index (χ2n) is 6.71. The Labute approximate surface area is 148 Å². The van der Waals surface area contributed by atoms with Crippen LogP contribution in [-0.2, 0) is 20.7 Å². The third-order valence-corrected chi connectivity index (χ3v) is 5.34. The summed E-state index contributed by atoms with van der Waals surface area (Å²) in [5.41, 5.74) is 1.25. The van der Waals surface area contributed by atoms with E-state index in [-0.39, 0.29) is 29.3 Å². The minimum atomic E-state index is -0.465. The van der Waals surface area contributed by atoms with Crippen molar-refractivity contribution < 1.29 is 14.3 Å². The molecule has 1 aliphatic rings. The zero-order valence-electron chi connectivity index (χ0n) is 14.9. The Kier molecular flexibility index (Phi) is 6.72. The first-order chi connectivity index (χ1) is 11.4. The van der Waals surface area contributed by atoms with Crippen molar-refractivity contribution in [2.75, 3.05) is 5.75 Å². The van der Waals surface area contributed by atoms with Crippen LogP contribution in [0.3, 0.4) is 0 Å². The Morgan fingerprint density at radius 1 is 1.21 bits per heavy atom. The van der Waals surface area contributed by atoms with E-state index in [1.54, 1.807) is 16.7 Å². The van der Waals surface area contributed by atoms with Gasteiger partial charge >= 0.3 is 5.97 Å². The molecule has 0 aromatic heterocycles. The van der Waals surface area contributed by atoms with Gasteiger partial charge in [0, 0.05) is 11.7 Å². The molecule has 1 aromatic carbocycles. The van der Waals surface area contributed by atoms with Crippen LogP contribution in [0.15, 0.2) is 30.3 Å². The number of thioether (sulfide) groups is 1. The molecule has 1 amide bonds. The molecular weight excluding hydrogens is 322 g/mol. The van der Waals surface area contributed by atoms with Gasteiger partial charge in [0.2, 0.25) is 5.91 Å². The van der Waals surface area contributed by atoms with E-state index in [4.69, 9.17) is 4.74 Å². The third kappa shape index (κ3) is 4.76. The summed E-state index contributed by atoms with van der Waals surface area (Å²) in [5, 5.41) is 0.0322. The first kappa shape index (κ1) is 18.8. The van der Waals surface area contributed by atoms with Gasteiger partial charge in [-0.05, 0) is 32.3 Å². The minimum absolute atomic E-state index is 0.0313. The van der Waals surface area contributed by atoms with Gasteiger partial charge in [-0.15, -0.1) is 11.8 Å². The zero-order valence-corrected chi connectivity index (χ0v) is 15.7. The highest BCUT2D eigenvalue weighted by Gasteiger charge is 2.42. The number of nitrogens with zero attached hydrogens (tertiary/aromatic N) is 1. The number of hydrogen-bond acceptors (Lipinski definition) is 4. The van der Waals surface area contributed by atoms with Gasteiger partial charge in [0.15, 0.2) is 0 Å². The van der Waals surface area contributed by atoms with Crippen LogP contribution in [0.5, 0.6) is 0 Å². The molecule has 2 atom stereocenters. The van der Waals surface area contributed by atoms with Crippen molar-refractivity contribution in [2.45, 2.75) is 58.1 Å². The Bertz CT molecular complexity index is 559. The Balaban J connectivity index is 2.09. The lowest BCUT2D eigenvalue weighted by molar-refractivity contribution is -0.158. The summed E-state index contributed by atoms with van der Waals surface area (Å²) in [7, 11) is 0. The van der Waals surface area contributed by atoms with Crippen LogP contribution in [0, 0.1) is 5.92 Å². The summed E-state index contributed by atoms with van der Waals surface area (Å²) in [4.78, 5) is 26.8. The molecule has 1 saturated heterocycles. The van der Waals surface area contributed by atoms with Crippen molar-refractivity contribution in [3.63, 3.8) is 0 Å². The van der Waals surface area contributed by atoms with Gasteiger partial charge < -0.3 is 9.64 Å². The third-order valence-electron chi connectivity index (χ3n) is 3.99. The van der Waals surface area contributed by atoms with Crippen molar-refractivity contribution in [2.24, 2.45) is 5.92 Å². The standard InChI is InChI=1S/C19H27NO3S/c1-13(2)18(21)20-16(19(22)23-14(3)4)12-24-17(20)11-10-15-8-6-5-7-9-15/h5-9,13-14,16-17H,10-12H2,1-4H3. The zero-order chi connectivity index (χ0) is 17.7. The number of benzene rings is 1. The van der Waals surface area contributed by atoms with E-state index in [0.717, 1.165) is 12.8 Å². The number of ether oxygens (including phenoxy) is 1. The average molecular weight is 349 g/mol. The number of aryl methyl sites for hydroxylation is 1.